The van der Waals surface area contributed by atoms with Gasteiger partial charge in [-0.1, -0.05) is 18.6 Å². The van der Waals surface area contributed by atoms with Crippen LogP contribution in [0.4, 0.5) is 0 Å². The monoisotopic (exact) mass is 366 g/mol. The highest BCUT2D eigenvalue weighted by Crippen LogP contribution is 2.72. The molecule has 4 rings (SSSR count). The fourth-order valence-electron chi connectivity index (χ4n) is 5.60. The highest BCUT2D eigenvalue weighted by atomic mass is 16.7. The number of rotatable bonds is 3. The molecule has 0 aromatic heterocycles. The third-order valence-electron chi connectivity index (χ3n) is 7.08. The van der Waals surface area contributed by atoms with Gasteiger partial charge in [0.25, 0.3) is 0 Å². The Hall–Kier alpha value is -1.44. The van der Waals surface area contributed by atoms with Gasteiger partial charge in [0.15, 0.2) is 0 Å². The van der Waals surface area contributed by atoms with E-state index in [0.717, 1.165) is 6.42 Å². The largest absolute Gasteiger partial charge is 0.465 e. The van der Waals surface area contributed by atoms with Gasteiger partial charge in [-0.3, -0.25) is 9.59 Å². The Balaban J connectivity index is 1.86. The number of ether oxygens (including phenoxy) is 4. The van der Waals surface area contributed by atoms with Crippen LogP contribution in [0.25, 0.3) is 0 Å². The van der Waals surface area contributed by atoms with E-state index in [0.29, 0.717) is 13.0 Å². The van der Waals surface area contributed by atoms with Crippen LogP contribution >= 0.6 is 0 Å². The first-order chi connectivity index (χ1) is 12.2. The van der Waals surface area contributed by atoms with Crippen molar-refractivity contribution in [3.05, 3.63) is 11.6 Å². The van der Waals surface area contributed by atoms with Crippen molar-refractivity contribution >= 4 is 11.9 Å². The molecular formula is C19H26O7. The van der Waals surface area contributed by atoms with E-state index >= 15 is 0 Å². The van der Waals surface area contributed by atoms with Gasteiger partial charge in [-0.2, -0.15) is 0 Å². The van der Waals surface area contributed by atoms with Crippen molar-refractivity contribution in [3.63, 3.8) is 0 Å². The molecule has 2 saturated heterocycles. The van der Waals surface area contributed by atoms with Crippen molar-refractivity contribution in [2.24, 2.45) is 10.8 Å². The van der Waals surface area contributed by atoms with E-state index in [1.807, 2.05) is 13.8 Å². The van der Waals surface area contributed by atoms with E-state index in [4.69, 9.17) is 18.9 Å². The second kappa shape index (κ2) is 5.53. The lowest BCUT2D eigenvalue weighted by Crippen LogP contribution is -2.66. The number of carbonyl (C=O) groups is 2. The van der Waals surface area contributed by atoms with E-state index in [2.05, 4.69) is 6.08 Å². The number of aliphatic hydroxyl groups is 1. The van der Waals surface area contributed by atoms with E-state index in [1.54, 1.807) is 0 Å². The standard InChI is InChI=1S/C19H26O7/c1-10-5-6-18(8-23-11(2)20)13(7-10)26-16-14(22)15(25-12(3)21)17(18,4)19(16)9-24-19/h7,13-16,22H,5-6,8-9H2,1-4H3/t13?,14-,15-,16?,17?,18-,19?/m1/s1. The van der Waals surface area contributed by atoms with Gasteiger partial charge >= 0.3 is 11.9 Å². The molecule has 3 fully saturated rings. The predicted molar refractivity (Wildman–Crippen MR) is 89.1 cm³/mol. The molecule has 144 valence electrons. The summed E-state index contributed by atoms with van der Waals surface area (Å²) in [5, 5.41) is 10.9. The molecule has 7 heteroatoms. The van der Waals surface area contributed by atoms with Gasteiger partial charge < -0.3 is 24.1 Å². The van der Waals surface area contributed by atoms with Crippen LogP contribution in [0.3, 0.4) is 0 Å². The first kappa shape index (κ1) is 17.9. The Morgan fingerprint density at radius 1 is 1.35 bits per heavy atom. The van der Waals surface area contributed by atoms with Crippen molar-refractivity contribution in [2.45, 2.75) is 70.6 Å². The molecule has 4 aliphatic rings. The molecule has 0 amide bonds. The lowest BCUT2D eigenvalue weighted by molar-refractivity contribution is -0.233. The molecule has 7 atom stereocenters. The van der Waals surface area contributed by atoms with Gasteiger partial charge in [0.1, 0.15) is 30.5 Å². The maximum Gasteiger partial charge on any atom is 0.303 e. The van der Waals surface area contributed by atoms with Crippen molar-refractivity contribution in [2.75, 3.05) is 13.2 Å². The average molecular weight is 366 g/mol. The number of fused-ring (bicyclic) bond motifs is 2. The first-order valence-electron chi connectivity index (χ1n) is 9.13. The molecule has 2 heterocycles. The van der Waals surface area contributed by atoms with Crippen molar-refractivity contribution in [1.29, 1.82) is 0 Å². The van der Waals surface area contributed by atoms with Crippen LogP contribution in [-0.2, 0) is 28.5 Å². The van der Waals surface area contributed by atoms with Crippen LogP contribution in [0, 0.1) is 10.8 Å². The molecule has 2 aliphatic carbocycles. The normalized spacial score (nSPS) is 48.6. The minimum absolute atomic E-state index is 0.135. The Morgan fingerprint density at radius 2 is 2.04 bits per heavy atom. The first-order valence-corrected chi connectivity index (χ1v) is 9.13. The zero-order valence-electron chi connectivity index (χ0n) is 15.6. The summed E-state index contributed by atoms with van der Waals surface area (Å²) < 4.78 is 23.3. The van der Waals surface area contributed by atoms with E-state index in [-0.39, 0.29) is 18.7 Å². The maximum absolute atomic E-state index is 11.8. The number of allylic oxidation sites excluding steroid dienone is 1. The van der Waals surface area contributed by atoms with Gasteiger partial charge in [0, 0.05) is 19.3 Å². The summed E-state index contributed by atoms with van der Waals surface area (Å²) in [6, 6.07) is 0. The number of esters is 2. The van der Waals surface area contributed by atoms with Gasteiger partial charge in [-0.15, -0.1) is 0 Å². The van der Waals surface area contributed by atoms with Crippen LogP contribution in [0.2, 0.25) is 0 Å². The number of epoxide rings is 1. The SMILES string of the molecule is CC(=O)OC[C@]12CCC(C)=CC1OC1[C@H](O)[C@@H](OC(C)=O)C2(C)C12CO2. The second-order valence-electron chi connectivity index (χ2n) is 8.33. The van der Waals surface area contributed by atoms with Gasteiger partial charge in [-0.25, -0.2) is 0 Å². The minimum Gasteiger partial charge on any atom is -0.465 e. The second-order valence-corrected chi connectivity index (χ2v) is 8.33. The van der Waals surface area contributed by atoms with Crippen LogP contribution < -0.4 is 0 Å². The minimum atomic E-state index is -0.986. The molecule has 7 nitrogen and oxygen atoms in total. The summed E-state index contributed by atoms with van der Waals surface area (Å²) in [7, 11) is 0. The fourth-order valence-corrected chi connectivity index (χ4v) is 5.60. The van der Waals surface area contributed by atoms with E-state index < -0.39 is 40.7 Å². The third kappa shape index (κ3) is 2.05. The highest BCUT2D eigenvalue weighted by Gasteiger charge is 2.85. The molecule has 0 radical (unpaired) electrons. The van der Waals surface area contributed by atoms with Crippen LogP contribution in [0.1, 0.15) is 40.5 Å². The van der Waals surface area contributed by atoms with Gasteiger partial charge in [-0.05, 0) is 19.8 Å². The van der Waals surface area contributed by atoms with Crippen LogP contribution in [0.5, 0.6) is 0 Å². The molecule has 2 aliphatic heterocycles. The van der Waals surface area contributed by atoms with Gasteiger partial charge in [0.05, 0.1) is 18.1 Å². The summed E-state index contributed by atoms with van der Waals surface area (Å²) in [6.07, 6.45) is 0.896. The van der Waals surface area contributed by atoms with E-state index in [9.17, 15) is 14.7 Å². The molecule has 0 aromatic rings. The van der Waals surface area contributed by atoms with E-state index in [1.165, 1.54) is 19.4 Å². The molecule has 26 heavy (non-hydrogen) atoms. The van der Waals surface area contributed by atoms with Crippen molar-refractivity contribution < 1.29 is 33.6 Å². The summed E-state index contributed by atoms with van der Waals surface area (Å²) in [5.41, 5.74) is -0.890. The number of aliphatic hydroxyl groups excluding tert-OH is 1. The van der Waals surface area contributed by atoms with Crippen LogP contribution in [0.15, 0.2) is 11.6 Å². The lowest BCUT2D eigenvalue weighted by Gasteiger charge is -2.58. The molecule has 1 N–H and O–H groups in total. The number of hydrogen-bond donors (Lipinski definition) is 1. The number of carbonyl (C=O) groups excluding carboxylic acids is 2. The summed E-state index contributed by atoms with van der Waals surface area (Å²) in [5.74, 6) is -0.830. The molecule has 1 spiro atoms. The molecular weight excluding hydrogens is 340 g/mol. The summed E-state index contributed by atoms with van der Waals surface area (Å²) in [6.45, 7) is 7.31. The smallest absolute Gasteiger partial charge is 0.303 e. The third-order valence-corrected chi connectivity index (χ3v) is 7.08. The zero-order chi connectivity index (χ0) is 18.9. The predicted octanol–water partition coefficient (Wildman–Crippen LogP) is 1.12. The molecule has 1 saturated carbocycles. The highest BCUT2D eigenvalue weighted by molar-refractivity contribution is 5.67. The van der Waals surface area contributed by atoms with Crippen molar-refractivity contribution in [1.82, 2.24) is 0 Å². The topological polar surface area (TPSA) is 94.6 Å². The lowest BCUT2D eigenvalue weighted by atomic mass is 9.51. The molecule has 4 unspecified atom stereocenters. The van der Waals surface area contributed by atoms with Crippen LogP contribution in [-0.4, -0.2) is 60.3 Å². The Kier molecular flexibility index (Phi) is 3.82. The number of hydrogen-bond acceptors (Lipinski definition) is 7. The van der Waals surface area contributed by atoms with Crippen molar-refractivity contribution in [3.8, 4) is 0 Å². The fraction of sp³-hybridized carbons (Fsp3) is 0.789. The Labute approximate surface area is 152 Å². The Bertz CT molecular complexity index is 681. The zero-order valence-corrected chi connectivity index (χ0v) is 15.6. The average Bonchev–Trinajstić information content (AvgIpc) is 3.34. The van der Waals surface area contributed by atoms with Gasteiger partial charge in [0.2, 0.25) is 0 Å². The molecule has 2 bridgehead atoms. The summed E-state index contributed by atoms with van der Waals surface area (Å²) in [4.78, 5) is 23.4. The maximum atomic E-state index is 11.8. The molecule has 0 aromatic carbocycles. The summed E-state index contributed by atoms with van der Waals surface area (Å²) >= 11 is 0. The quantitative estimate of drug-likeness (QED) is 0.454. The Morgan fingerprint density at radius 3 is 2.62 bits per heavy atom.